The molecule has 0 saturated carbocycles. The highest BCUT2D eigenvalue weighted by atomic mass is 32.2. The first-order chi connectivity index (χ1) is 7.97. The number of nitrogens with one attached hydrogen (secondary N) is 1. The molecule has 1 aromatic rings. The van der Waals surface area contributed by atoms with Gasteiger partial charge in [0.05, 0.1) is 0 Å². The van der Waals surface area contributed by atoms with Crippen LogP contribution in [0, 0.1) is 0 Å². The van der Waals surface area contributed by atoms with Gasteiger partial charge in [-0.05, 0) is 18.6 Å². The highest BCUT2D eigenvalue weighted by Gasteiger charge is 2.24. The lowest BCUT2D eigenvalue weighted by atomic mass is 10.2. The quantitative estimate of drug-likeness (QED) is 0.718. The second-order valence-corrected chi connectivity index (χ2v) is 4.94. The van der Waals surface area contributed by atoms with Gasteiger partial charge in [0.25, 0.3) is 0 Å². The first kappa shape index (κ1) is 13.3. The van der Waals surface area contributed by atoms with E-state index in [1.165, 1.54) is 24.4 Å². The summed E-state index contributed by atoms with van der Waals surface area (Å²) >= 11 is 0. The third-order valence-corrected chi connectivity index (χ3v) is 3.40. The Morgan fingerprint density at radius 3 is 2.82 bits per heavy atom. The van der Waals surface area contributed by atoms with Crippen LogP contribution in [0.25, 0.3) is 0 Å². The topological polar surface area (TPSA) is 96.4 Å². The Morgan fingerprint density at radius 1 is 1.65 bits per heavy atom. The van der Waals surface area contributed by atoms with Gasteiger partial charge in [0.2, 0.25) is 10.0 Å². The zero-order valence-corrected chi connectivity index (χ0v) is 9.72. The van der Waals surface area contributed by atoms with E-state index in [4.69, 9.17) is 5.11 Å². The number of sulfonamides is 1. The number of hydrogen-bond acceptors (Lipinski definition) is 4. The van der Waals surface area contributed by atoms with Crippen molar-refractivity contribution >= 4 is 16.0 Å². The van der Waals surface area contributed by atoms with Crippen LogP contribution in [-0.4, -0.2) is 30.5 Å². The molecule has 17 heavy (non-hydrogen) atoms. The number of aromatic nitrogens is 1. The number of carboxylic acids is 1. The van der Waals surface area contributed by atoms with Crippen molar-refractivity contribution in [2.75, 3.05) is 0 Å². The van der Waals surface area contributed by atoms with Crippen molar-refractivity contribution in [3.8, 4) is 0 Å². The summed E-state index contributed by atoms with van der Waals surface area (Å²) in [5.41, 5.74) is 0. The molecule has 6 nitrogen and oxygen atoms in total. The second kappa shape index (κ2) is 5.55. The van der Waals surface area contributed by atoms with Gasteiger partial charge in [0, 0.05) is 12.4 Å². The lowest BCUT2D eigenvalue weighted by Gasteiger charge is -2.12. The molecule has 0 aliphatic heterocycles. The van der Waals surface area contributed by atoms with Crippen molar-refractivity contribution in [2.24, 2.45) is 0 Å². The lowest BCUT2D eigenvalue weighted by molar-refractivity contribution is -0.138. The molecular formula is C10H12N2O4S. The van der Waals surface area contributed by atoms with Crippen LogP contribution >= 0.6 is 0 Å². The molecule has 0 spiro atoms. The van der Waals surface area contributed by atoms with Gasteiger partial charge >= 0.3 is 5.97 Å². The standard InChI is InChI=1S/C10H12N2O4S/c1-2-4-9(10(13)14)12-17(15,16)8-5-3-6-11-7-8/h2-3,5-7,9,12H,1,4H2,(H,13,14). The molecule has 1 heterocycles. The number of rotatable bonds is 6. The predicted octanol–water partition coefficient (Wildman–Crippen LogP) is 0.389. The summed E-state index contributed by atoms with van der Waals surface area (Å²) in [4.78, 5) is 14.4. The monoisotopic (exact) mass is 256 g/mol. The molecule has 0 aromatic carbocycles. The molecule has 7 heteroatoms. The van der Waals surface area contributed by atoms with Crippen molar-refractivity contribution in [3.63, 3.8) is 0 Å². The molecule has 92 valence electrons. The van der Waals surface area contributed by atoms with Gasteiger partial charge in [-0.2, -0.15) is 4.72 Å². The van der Waals surface area contributed by atoms with Gasteiger partial charge in [-0.3, -0.25) is 9.78 Å². The Balaban J connectivity index is 2.93. The Labute approximate surface area is 99.1 Å². The van der Waals surface area contributed by atoms with E-state index >= 15 is 0 Å². The molecule has 1 rings (SSSR count). The van der Waals surface area contributed by atoms with Gasteiger partial charge in [0.1, 0.15) is 10.9 Å². The van der Waals surface area contributed by atoms with Gasteiger partial charge in [0.15, 0.2) is 0 Å². The van der Waals surface area contributed by atoms with Gasteiger partial charge < -0.3 is 5.11 Å². The minimum absolute atomic E-state index is 0.00876. The van der Waals surface area contributed by atoms with Crippen LogP contribution in [0.3, 0.4) is 0 Å². The molecule has 0 bridgehead atoms. The molecule has 0 aliphatic rings. The van der Waals surface area contributed by atoms with Crippen LogP contribution in [0.1, 0.15) is 6.42 Å². The van der Waals surface area contributed by atoms with E-state index in [9.17, 15) is 13.2 Å². The molecule has 1 aromatic heterocycles. The summed E-state index contributed by atoms with van der Waals surface area (Å²) in [5, 5.41) is 8.82. The van der Waals surface area contributed by atoms with Crippen LogP contribution < -0.4 is 4.72 Å². The Morgan fingerprint density at radius 2 is 2.35 bits per heavy atom. The van der Waals surface area contributed by atoms with Crippen LogP contribution in [0.4, 0.5) is 0 Å². The van der Waals surface area contributed by atoms with Crippen molar-refractivity contribution < 1.29 is 18.3 Å². The molecule has 0 amide bonds. The van der Waals surface area contributed by atoms with Gasteiger partial charge in [-0.25, -0.2) is 8.42 Å². The van der Waals surface area contributed by atoms with Crippen LogP contribution in [0.2, 0.25) is 0 Å². The Kier molecular flexibility index (Phi) is 4.36. The second-order valence-electron chi connectivity index (χ2n) is 3.23. The molecule has 0 saturated heterocycles. The van der Waals surface area contributed by atoms with E-state index < -0.39 is 22.0 Å². The number of carbonyl (C=O) groups is 1. The maximum atomic E-state index is 11.8. The van der Waals surface area contributed by atoms with Gasteiger partial charge in [-0.15, -0.1) is 6.58 Å². The first-order valence-electron chi connectivity index (χ1n) is 4.73. The summed E-state index contributed by atoms with van der Waals surface area (Å²) < 4.78 is 25.6. The number of carboxylic acid groups (broad SMARTS) is 1. The number of pyridine rings is 1. The normalized spacial score (nSPS) is 12.9. The van der Waals surface area contributed by atoms with E-state index in [0.717, 1.165) is 6.20 Å². The summed E-state index contributed by atoms with van der Waals surface area (Å²) in [6, 6.07) is 1.57. The summed E-state index contributed by atoms with van der Waals surface area (Å²) in [7, 11) is -3.87. The number of hydrogen-bond donors (Lipinski definition) is 2. The zero-order valence-electron chi connectivity index (χ0n) is 8.91. The number of aliphatic carboxylic acids is 1. The molecule has 0 radical (unpaired) electrons. The fraction of sp³-hybridized carbons (Fsp3) is 0.200. The van der Waals surface area contributed by atoms with E-state index in [2.05, 4.69) is 16.3 Å². The largest absolute Gasteiger partial charge is 0.480 e. The summed E-state index contributed by atoms with van der Waals surface area (Å²) in [5.74, 6) is -1.25. The molecular weight excluding hydrogens is 244 g/mol. The average Bonchev–Trinajstić information content (AvgIpc) is 2.29. The third kappa shape index (κ3) is 3.65. The van der Waals surface area contributed by atoms with E-state index in [1.54, 1.807) is 0 Å². The molecule has 1 unspecified atom stereocenters. The highest BCUT2D eigenvalue weighted by molar-refractivity contribution is 7.89. The van der Waals surface area contributed by atoms with E-state index in [1.807, 2.05) is 0 Å². The highest BCUT2D eigenvalue weighted by Crippen LogP contribution is 2.07. The molecule has 0 fully saturated rings. The van der Waals surface area contributed by atoms with Crippen molar-refractivity contribution in [1.82, 2.24) is 9.71 Å². The van der Waals surface area contributed by atoms with E-state index in [0.29, 0.717) is 0 Å². The minimum Gasteiger partial charge on any atom is -0.480 e. The summed E-state index contributed by atoms with van der Waals surface area (Å²) in [6.45, 7) is 3.38. The zero-order chi connectivity index (χ0) is 12.9. The van der Waals surface area contributed by atoms with Crippen molar-refractivity contribution in [2.45, 2.75) is 17.4 Å². The van der Waals surface area contributed by atoms with E-state index in [-0.39, 0.29) is 11.3 Å². The van der Waals surface area contributed by atoms with Crippen LogP contribution in [0.5, 0.6) is 0 Å². The molecule has 2 N–H and O–H groups in total. The van der Waals surface area contributed by atoms with Crippen molar-refractivity contribution in [1.29, 1.82) is 0 Å². The maximum Gasteiger partial charge on any atom is 0.322 e. The fourth-order valence-corrected chi connectivity index (χ4v) is 2.29. The van der Waals surface area contributed by atoms with Crippen LogP contribution in [0.15, 0.2) is 42.1 Å². The molecule has 1 atom stereocenters. The first-order valence-corrected chi connectivity index (χ1v) is 6.21. The third-order valence-electron chi connectivity index (χ3n) is 1.94. The Bertz CT molecular complexity index is 498. The predicted molar refractivity (Wildman–Crippen MR) is 60.8 cm³/mol. The van der Waals surface area contributed by atoms with Gasteiger partial charge in [-0.1, -0.05) is 6.08 Å². The number of nitrogens with zero attached hydrogens (tertiary/aromatic N) is 1. The molecule has 0 aliphatic carbocycles. The van der Waals surface area contributed by atoms with Crippen LogP contribution in [-0.2, 0) is 14.8 Å². The smallest absolute Gasteiger partial charge is 0.322 e. The summed E-state index contributed by atoms with van der Waals surface area (Å²) in [6.07, 6.45) is 3.92. The lowest BCUT2D eigenvalue weighted by Crippen LogP contribution is -2.40. The average molecular weight is 256 g/mol. The maximum absolute atomic E-state index is 11.8. The SMILES string of the molecule is C=CCC(NS(=O)(=O)c1cccnc1)C(=O)O. The Hall–Kier alpha value is -1.73. The fourth-order valence-electron chi connectivity index (χ4n) is 1.13. The minimum atomic E-state index is -3.87. The van der Waals surface area contributed by atoms with Crippen molar-refractivity contribution in [3.05, 3.63) is 37.2 Å².